The second kappa shape index (κ2) is 8.38. The van der Waals surface area contributed by atoms with Crippen molar-refractivity contribution in [3.63, 3.8) is 0 Å². The lowest BCUT2D eigenvalue weighted by Gasteiger charge is -2.29. The van der Waals surface area contributed by atoms with E-state index in [1.165, 1.54) is 24.3 Å². The fraction of sp³-hybridized carbons (Fsp3) is 0.333. The van der Waals surface area contributed by atoms with E-state index in [1.807, 2.05) is 23.4 Å². The van der Waals surface area contributed by atoms with Gasteiger partial charge in [0.15, 0.2) is 0 Å². The van der Waals surface area contributed by atoms with Crippen molar-refractivity contribution in [3.05, 3.63) is 77.0 Å². The second-order valence-corrected chi connectivity index (χ2v) is 7.77. The van der Waals surface area contributed by atoms with Gasteiger partial charge in [-0.15, -0.1) is 0 Å². The van der Waals surface area contributed by atoms with Crippen LogP contribution in [0, 0.1) is 11.6 Å². The summed E-state index contributed by atoms with van der Waals surface area (Å²) in [5.74, 6) is -0.426. The van der Waals surface area contributed by atoms with Gasteiger partial charge in [0.05, 0.1) is 11.7 Å². The van der Waals surface area contributed by atoms with Crippen LogP contribution in [0.4, 0.5) is 8.78 Å². The monoisotopic (exact) mass is 409 g/mol. The minimum Gasteiger partial charge on any atom is -0.338 e. The van der Waals surface area contributed by atoms with E-state index in [2.05, 4.69) is 0 Å². The Labute approximate surface area is 175 Å². The molecule has 1 aliphatic rings. The Kier molecular flexibility index (Phi) is 5.66. The smallest absolute Gasteiger partial charge is 0.222 e. The first-order valence-corrected chi connectivity index (χ1v) is 10.4. The number of aromatic nitrogens is 2. The summed E-state index contributed by atoms with van der Waals surface area (Å²) in [6.07, 6.45) is 2.04. The van der Waals surface area contributed by atoms with Crippen LogP contribution in [-0.2, 0) is 17.8 Å². The molecule has 0 saturated heterocycles. The molecule has 4 nitrogen and oxygen atoms in total. The number of nitrogens with zero attached hydrogens (tertiary/aromatic N) is 3. The summed E-state index contributed by atoms with van der Waals surface area (Å²) in [5.41, 5.74) is 4.63. The van der Waals surface area contributed by atoms with Crippen molar-refractivity contribution in [2.75, 3.05) is 6.54 Å². The molecule has 0 fully saturated rings. The number of rotatable bonds is 5. The first-order chi connectivity index (χ1) is 14.5. The van der Waals surface area contributed by atoms with Crippen LogP contribution in [0.2, 0.25) is 0 Å². The SMILES string of the molecule is CCCC(=O)N1CCc2c(c(-c3ccc(F)cc3)nn2C(C)c2ccc(F)cc2)C1. The predicted molar refractivity (Wildman–Crippen MR) is 112 cm³/mol. The van der Waals surface area contributed by atoms with Gasteiger partial charge in [-0.1, -0.05) is 19.1 Å². The minimum atomic E-state index is -0.300. The molecule has 0 aliphatic carbocycles. The molecule has 1 amide bonds. The van der Waals surface area contributed by atoms with Crippen molar-refractivity contribution in [1.82, 2.24) is 14.7 Å². The largest absolute Gasteiger partial charge is 0.338 e. The van der Waals surface area contributed by atoms with E-state index < -0.39 is 0 Å². The van der Waals surface area contributed by atoms with Crippen LogP contribution in [0.5, 0.6) is 0 Å². The molecule has 156 valence electrons. The predicted octanol–water partition coefficient (Wildman–Crippen LogP) is 5.12. The number of carbonyl (C=O) groups is 1. The van der Waals surface area contributed by atoms with Crippen molar-refractivity contribution >= 4 is 5.91 Å². The maximum absolute atomic E-state index is 13.5. The lowest BCUT2D eigenvalue weighted by molar-refractivity contribution is -0.132. The first-order valence-electron chi connectivity index (χ1n) is 10.4. The van der Waals surface area contributed by atoms with Gasteiger partial charge < -0.3 is 4.90 Å². The topological polar surface area (TPSA) is 38.1 Å². The molecule has 4 rings (SSSR count). The number of fused-ring (bicyclic) bond motifs is 1. The summed E-state index contributed by atoms with van der Waals surface area (Å²) in [6.45, 7) is 5.18. The van der Waals surface area contributed by atoms with Gasteiger partial charge in [-0.05, 0) is 55.3 Å². The number of benzene rings is 2. The van der Waals surface area contributed by atoms with Crippen LogP contribution in [0.3, 0.4) is 0 Å². The maximum atomic E-state index is 13.5. The van der Waals surface area contributed by atoms with E-state index >= 15 is 0 Å². The summed E-state index contributed by atoms with van der Waals surface area (Å²) in [4.78, 5) is 14.4. The zero-order valence-corrected chi connectivity index (χ0v) is 17.2. The molecule has 0 radical (unpaired) electrons. The fourth-order valence-electron chi connectivity index (χ4n) is 4.07. The number of halogens is 2. The molecule has 0 spiro atoms. The molecule has 0 saturated carbocycles. The number of hydrogen-bond acceptors (Lipinski definition) is 2. The van der Waals surface area contributed by atoms with E-state index in [-0.39, 0.29) is 23.6 Å². The molecular weight excluding hydrogens is 384 g/mol. The fourth-order valence-corrected chi connectivity index (χ4v) is 4.07. The first kappa shape index (κ1) is 20.3. The number of carbonyl (C=O) groups excluding carboxylic acids is 1. The average molecular weight is 409 g/mol. The lowest BCUT2D eigenvalue weighted by Crippen LogP contribution is -2.36. The molecule has 2 aromatic carbocycles. The summed E-state index contributed by atoms with van der Waals surface area (Å²) in [6, 6.07) is 12.6. The van der Waals surface area contributed by atoms with Crippen molar-refractivity contribution in [1.29, 1.82) is 0 Å². The molecule has 2 heterocycles. The molecule has 1 aromatic heterocycles. The second-order valence-electron chi connectivity index (χ2n) is 7.77. The van der Waals surface area contributed by atoms with Crippen molar-refractivity contribution in [2.24, 2.45) is 0 Å². The van der Waals surface area contributed by atoms with Crippen LogP contribution in [0.1, 0.15) is 49.6 Å². The van der Waals surface area contributed by atoms with Gasteiger partial charge in [-0.25, -0.2) is 8.78 Å². The molecule has 1 unspecified atom stereocenters. The Balaban J connectivity index is 1.77. The Bertz CT molecular complexity index is 1040. The van der Waals surface area contributed by atoms with Gasteiger partial charge in [0.1, 0.15) is 11.6 Å². The number of hydrogen-bond donors (Lipinski definition) is 0. The Morgan fingerprint density at radius 1 is 1.07 bits per heavy atom. The van der Waals surface area contributed by atoms with E-state index in [0.717, 1.165) is 34.5 Å². The van der Waals surface area contributed by atoms with E-state index in [0.29, 0.717) is 25.9 Å². The van der Waals surface area contributed by atoms with Gasteiger partial charge in [0.2, 0.25) is 5.91 Å². The highest BCUT2D eigenvalue weighted by Gasteiger charge is 2.29. The normalized spacial score (nSPS) is 14.5. The van der Waals surface area contributed by atoms with Crippen LogP contribution in [-0.4, -0.2) is 27.1 Å². The van der Waals surface area contributed by atoms with Gasteiger partial charge in [0.25, 0.3) is 0 Å². The van der Waals surface area contributed by atoms with Gasteiger partial charge in [-0.2, -0.15) is 5.10 Å². The highest BCUT2D eigenvalue weighted by molar-refractivity contribution is 5.77. The van der Waals surface area contributed by atoms with Crippen LogP contribution >= 0.6 is 0 Å². The molecule has 0 bridgehead atoms. The van der Waals surface area contributed by atoms with Gasteiger partial charge in [0, 0.05) is 42.8 Å². The summed E-state index contributed by atoms with van der Waals surface area (Å²) >= 11 is 0. The maximum Gasteiger partial charge on any atom is 0.222 e. The molecule has 6 heteroatoms. The van der Waals surface area contributed by atoms with Crippen molar-refractivity contribution < 1.29 is 13.6 Å². The summed E-state index contributed by atoms with van der Waals surface area (Å²) < 4.78 is 28.8. The third-order valence-electron chi connectivity index (χ3n) is 5.74. The molecule has 3 aromatic rings. The summed E-state index contributed by atoms with van der Waals surface area (Å²) in [5, 5.41) is 4.89. The Hall–Kier alpha value is -3.02. The quantitative estimate of drug-likeness (QED) is 0.586. The van der Waals surface area contributed by atoms with Gasteiger partial charge in [-0.3, -0.25) is 9.48 Å². The zero-order valence-electron chi connectivity index (χ0n) is 17.2. The minimum absolute atomic E-state index is 0.0913. The van der Waals surface area contributed by atoms with E-state index in [1.54, 1.807) is 24.3 Å². The van der Waals surface area contributed by atoms with E-state index in [4.69, 9.17) is 5.10 Å². The Morgan fingerprint density at radius 2 is 1.70 bits per heavy atom. The summed E-state index contributed by atoms with van der Waals surface area (Å²) in [7, 11) is 0. The molecular formula is C24H25F2N3O. The Morgan fingerprint density at radius 3 is 2.33 bits per heavy atom. The third kappa shape index (κ3) is 3.86. The average Bonchev–Trinajstić information content (AvgIpc) is 3.13. The highest BCUT2D eigenvalue weighted by atomic mass is 19.1. The number of amides is 1. The van der Waals surface area contributed by atoms with Gasteiger partial charge >= 0.3 is 0 Å². The zero-order chi connectivity index (χ0) is 21.3. The van der Waals surface area contributed by atoms with Crippen molar-refractivity contribution in [3.8, 4) is 11.3 Å². The highest BCUT2D eigenvalue weighted by Crippen LogP contribution is 2.33. The lowest BCUT2D eigenvalue weighted by atomic mass is 9.99. The molecule has 1 aliphatic heterocycles. The van der Waals surface area contributed by atoms with Crippen LogP contribution in [0.25, 0.3) is 11.3 Å². The molecule has 1 atom stereocenters. The van der Waals surface area contributed by atoms with Crippen molar-refractivity contribution in [2.45, 2.75) is 45.7 Å². The molecule has 30 heavy (non-hydrogen) atoms. The standard InChI is InChI=1S/C24H25F2N3O/c1-3-4-23(30)28-14-13-22-21(15-28)24(18-7-11-20(26)12-8-18)27-29(22)16(2)17-5-9-19(25)10-6-17/h5-12,16H,3-4,13-15H2,1-2H3. The van der Waals surface area contributed by atoms with Crippen LogP contribution in [0.15, 0.2) is 48.5 Å². The van der Waals surface area contributed by atoms with Crippen LogP contribution < -0.4 is 0 Å². The molecule has 0 N–H and O–H groups in total. The third-order valence-corrected chi connectivity index (χ3v) is 5.74. The van der Waals surface area contributed by atoms with E-state index in [9.17, 15) is 13.6 Å².